The zero-order valence-corrected chi connectivity index (χ0v) is 17.6. The average Bonchev–Trinajstić information content (AvgIpc) is 3.36. The molecule has 0 radical (unpaired) electrons. The molecule has 0 aliphatic rings. The first-order chi connectivity index (χ1) is 14.5. The van der Waals surface area contributed by atoms with Crippen LogP contribution in [0.15, 0.2) is 48.9 Å². The van der Waals surface area contributed by atoms with Crippen LogP contribution >= 0.6 is 0 Å². The standard InChI is InChI=1S/C24H26N4O2/c1-4-10-27(11-5-2)24(30)28-12-9-17-18(7-6-8-21(17)28)22(29)20-15-26-23-19(20)13-16(3)14-25-23/h6-9,12-15H,4-5,10-11H2,1-3H3,(H,25,26). The van der Waals surface area contributed by atoms with Crippen LogP contribution in [0.1, 0.15) is 48.2 Å². The molecule has 0 atom stereocenters. The molecule has 4 rings (SSSR count). The van der Waals surface area contributed by atoms with Crippen molar-refractivity contribution in [1.82, 2.24) is 19.4 Å². The van der Waals surface area contributed by atoms with Crippen molar-refractivity contribution in [3.05, 3.63) is 65.6 Å². The highest BCUT2D eigenvalue weighted by molar-refractivity contribution is 6.21. The van der Waals surface area contributed by atoms with Crippen LogP contribution in [0.3, 0.4) is 0 Å². The van der Waals surface area contributed by atoms with Gasteiger partial charge in [0.2, 0.25) is 0 Å². The lowest BCUT2D eigenvalue weighted by atomic mass is 10.00. The van der Waals surface area contributed by atoms with Gasteiger partial charge in [-0.1, -0.05) is 26.0 Å². The molecule has 30 heavy (non-hydrogen) atoms. The number of ketones is 1. The number of amides is 1. The summed E-state index contributed by atoms with van der Waals surface area (Å²) in [5, 5.41) is 1.59. The number of carbonyl (C=O) groups is 2. The Morgan fingerprint density at radius 1 is 1.07 bits per heavy atom. The predicted octanol–water partition coefficient (Wildman–Crippen LogP) is 5.15. The monoisotopic (exact) mass is 402 g/mol. The third-order valence-electron chi connectivity index (χ3n) is 5.35. The van der Waals surface area contributed by atoms with Crippen molar-refractivity contribution >= 4 is 33.8 Å². The molecule has 0 saturated heterocycles. The van der Waals surface area contributed by atoms with E-state index in [0.717, 1.165) is 34.7 Å². The Morgan fingerprint density at radius 3 is 2.57 bits per heavy atom. The van der Waals surface area contributed by atoms with Crippen molar-refractivity contribution in [3.63, 3.8) is 0 Å². The van der Waals surface area contributed by atoms with E-state index in [1.807, 2.05) is 42.2 Å². The largest absolute Gasteiger partial charge is 0.345 e. The highest BCUT2D eigenvalue weighted by atomic mass is 16.2. The van der Waals surface area contributed by atoms with Crippen molar-refractivity contribution in [2.45, 2.75) is 33.6 Å². The molecule has 6 nitrogen and oxygen atoms in total. The van der Waals surface area contributed by atoms with Crippen LogP contribution in [-0.4, -0.2) is 44.3 Å². The minimum atomic E-state index is -0.0802. The second-order valence-corrected chi connectivity index (χ2v) is 7.63. The Hall–Kier alpha value is -3.41. The Kier molecular flexibility index (Phi) is 5.40. The first kappa shape index (κ1) is 19.9. The average molecular weight is 402 g/mol. The molecule has 1 amide bonds. The van der Waals surface area contributed by atoms with E-state index in [9.17, 15) is 9.59 Å². The number of benzene rings is 1. The molecule has 1 aromatic carbocycles. The maximum absolute atomic E-state index is 13.4. The van der Waals surface area contributed by atoms with E-state index >= 15 is 0 Å². The molecule has 154 valence electrons. The molecule has 1 N–H and O–H groups in total. The summed E-state index contributed by atoms with van der Waals surface area (Å²) in [7, 11) is 0. The number of carbonyl (C=O) groups excluding carboxylic acids is 2. The minimum Gasteiger partial charge on any atom is -0.345 e. The summed E-state index contributed by atoms with van der Waals surface area (Å²) in [5.41, 5.74) is 3.61. The molecule has 3 aromatic heterocycles. The van der Waals surface area contributed by atoms with E-state index in [4.69, 9.17) is 0 Å². The Morgan fingerprint density at radius 2 is 1.83 bits per heavy atom. The Labute approximate surface area is 175 Å². The summed E-state index contributed by atoms with van der Waals surface area (Å²) in [6, 6.07) is 9.31. The van der Waals surface area contributed by atoms with Crippen molar-refractivity contribution < 1.29 is 9.59 Å². The topological polar surface area (TPSA) is 71.0 Å². The lowest BCUT2D eigenvalue weighted by Crippen LogP contribution is -2.35. The predicted molar refractivity (Wildman–Crippen MR) is 119 cm³/mol. The fraction of sp³-hybridized carbons (Fsp3) is 0.292. The minimum absolute atomic E-state index is 0.0507. The second kappa shape index (κ2) is 8.14. The Bertz CT molecular complexity index is 1230. The van der Waals surface area contributed by atoms with E-state index in [1.165, 1.54) is 0 Å². The van der Waals surface area contributed by atoms with Crippen molar-refractivity contribution in [1.29, 1.82) is 0 Å². The van der Waals surface area contributed by atoms with Gasteiger partial charge in [-0.2, -0.15) is 0 Å². The van der Waals surface area contributed by atoms with Crippen LogP contribution < -0.4 is 0 Å². The number of nitrogens with zero attached hydrogens (tertiary/aromatic N) is 3. The first-order valence-electron chi connectivity index (χ1n) is 10.4. The third kappa shape index (κ3) is 3.38. The summed E-state index contributed by atoms with van der Waals surface area (Å²) in [6.07, 6.45) is 7.07. The number of hydrogen-bond donors (Lipinski definition) is 1. The highest BCUT2D eigenvalue weighted by Crippen LogP contribution is 2.26. The molecule has 0 spiro atoms. The van der Waals surface area contributed by atoms with Gasteiger partial charge in [0, 0.05) is 53.6 Å². The molecule has 0 unspecified atom stereocenters. The number of aromatic nitrogens is 3. The van der Waals surface area contributed by atoms with Gasteiger partial charge >= 0.3 is 6.03 Å². The molecular weight excluding hydrogens is 376 g/mol. The summed E-state index contributed by atoms with van der Waals surface area (Å²) < 4.78 is 1.65. The van der Waals surface area contributed by atoms with Gasteiger partial charge < -0.3 is 9.88 Å². The molecule has 0 bridgehead atoms. The molecular formula is C24H26N4O2. The molecule has 0 saturated carbocycles. The zero-order valence-electron chi connectivity index (χ0n) is 17.6. The van der Waals surface area contributed by atoms with Crippen LogP contribution in [0.4, 0.5) is 4.79 Å². The zero-order chi connectivity index (χ0) is 21.3. The van der Waals surface area contributed by atoms with E-state index in [1.54, 1.807) is 23.2 Å². The number of aromatic amines is 1. The number of nitrogens with one attached hydrogen (secondary N) is 1. The number of rotatable bonds is 6. The van der Waals surface area contributed by atoms with Crippen molar-refractivity contribution in [3.8, 4) is 0 Å². The summed E-state index contributed by atoms with van der Waals surface area (Å²) in [4.78, 5) is 35.8. The SMILES string of the molecule is CCCN(CCC)C(=O)n1ccc2c(C(=O)c3c[nH]c4ncc(C)cc34)cccc21. The quantitative estimate of drug-likeness (QED) is 0.454. The van der Waals surface area contributed by atoms with Gasteiger partial charge in [-0.25, -0.2) is 9.78 Å². The van der Waals surface area contributed by atoms with Crippen LogP contribution in [0.25, 0.3) is 21.9 Å². The van der Waals surface area contributed by atoms with Gasteiger partial charge in [0.1, 0.15) is 5.65 Å². The Balaban J connectivity index is 1.77. The van der Waals surface area contributed by atoms with E-state index in [0.29, 0.717) is 29.9 Å². The van der Waals surface area contributed by atoms with Crippen molar-refractivity contribution in [2.75, 3.05) is 13.1 Å². The van der Waals surface area contributed by atoms with Gasteiger partial charge in [-0.3, -0.25) is 9.36 Å². The van der Waals surface area contributed by atoms with Gasteiger partial charge in [0.15, 0.2) is 5.78 Å². The third-order valence-corrected chi connectivity index (χ3v) is 5.35. The molecule has 0 aliphatic carbocycles. The van der Waals surface area contributed by atoms with Gasteiger partial charge in [-0.15, -0.1) is 0 Å². The van der Waals surface area contributed by atoms with E-state index in [2.05, 4.69) is 23.8 Å². The normalized spacial score (nSPS) is 11.3. The molecule has 6 heteroatoms. The molecule has 4 aromatic rings. The fourth-order valence-corrected chi connectivity index (χ4v) is 3.97. The second-order valence-electron chi connectivity index (χ2n) is 7.63. The fourth-order valence-electron chi connectivity index (χ4n) is 3.97. The number of fused-ring (bicyclic) bond motifs is 2. The number of H-pyrrole nitrogens is 1. The molecule has 0 aliphatic heterocycles. The first-order valence-corrected chi connectivity index (χ1v) is 10.4. The van der Waals surface area contributed by atoms with E-state index in [-0.39, 0.29) is 11.8 Å². The van der Waals surface area contributed by atoms with Crippen LogP contribution in [0.2, 0.25) is 0 Å². The number of hydrogen-bond acceptors (Lipinski definition) is 3. The van der Waals surface area contributed by atoms with Crippen LogP contribution in [-0.2, 0) is 0 Å². The van der Waals surface area contributed by atoms with E-state index < -0.39 is 0 Å². The van der Waals surface area contributed by atoms with Crippen LogP contribution in [0, 0.1) is 6.92 Å². The maximum atomic E-state index is 13.4. The van der Waals surface area contributed by atoms with Crippen molar-refractivity contribution in [2.24, 2.45) is 0 Å². The smallest absolute Gasteiger partial charge is 0.328 e. The number of pyridine rings is 1. The van der Waals surface area contributed by atoms with Crippen LogP contribution in [0.5, 0.6) is 0 Å². The number of aryl methyl sites for hydroxylation is 1. The summed E-state index contributed by atoms with van der Waals surface area (Å²) in [6.45, 7) is 7.52. The lowest BCUT2D eigenvalue weighted by Gasteiger charge is -2.22. The molecule has 3 heterocycles. The van der Waals surface area contributed by atoms with Gasteiger partial charge in [0.25, 0.3) is 0 Å². The summed E-state index contributed by atoms with van der Waals surface area (Å²) >= 11 is 0. The lowest BCUT2D eigenvalue weighted by molar-refractivity contribution is 0.104. The highest BCUT2D eigenvalue weighted by Gasteiger charge is 2.21. The molecule has 0 fully saturated rings. The summed E-state index contributed by atoms with van der Waals surface area (Å²) in [5.74, 6) is -0.0802. The van der Waals surface area contributed by atoms with Gasteiger partial charge in [0.05, 0.1) is 5.52 Å². The maximum Gasteiger partial charge on any atom is 0.328 e. The van der Waals surface area contributed by atoms with Gasteiger partial charge in [-0.05, 0) is 43.5 Å².